The van der Waals surface area contributed by atoms with Crippen molar-refractivity contribution in [2.45, 2.75) is 52.1 Å². The van der Waals surface area contributed by atoms with Crippen LogP contribution >= 0.6 is 0 Å². The molecule has 0 spiro atoms. The molecule has 1 amide bonds. The van der Waals surface area contributed by atoms with Crippen LogP contribution in [0.1, 0.15) is 45.1 Å². The van der Waals surface area contributed by atoms with E-state index in [9.17, 15) is 9.18 Å². The van der Waals surface area contributed by atoms with Gasteiger partial charge in [0.05, 0.1) is 0 Å². The van der Waals surface area contributed by atoms with Gasteiger partial charge in [-0.15, -0.1) is 0 Å². The van der Waals surface area contributed by atoms with Gasteiger partial charge in [-0.25, -0.2) is 4.39 Å². The monoisotopic (exact) mass is 307 g/mol. The molecule has 0 saturated carbocycles. The summed E-state index contributed by atoms with van der Waals surface area (Å²) in [5, 5.41) is 0. The quantitative estimate of drug-likeness (QED) is 0.800. The molecule has 4 heteroatoms. The van der Waals surface area contributed by atoms with Gasteiger partial charge in [-0.3, -0.25) is 4.79 Å². The predicted molar refractivity (Wildman–Crippen MR) is 84.9 cm³/mol. The van der Waals surface area contributed by atoms with Crippen molar-refractivity contribution in [2.75, 3.05) is 13.2 Å². The maximum absolute atomic E-state index is 13.1. The third-order valence-electron chi connectivity index (χ3n) is 4.32. The molecule has 0 aliphatic carbocycles. The molecule has 2 rings (SSSR count). The fourth-order valence-electron chi connectivity index (χ4n) is 3.01. The van der Waals surface area contributed by atoms with Crippen molar-refractivity contribution in [3.8, 4) is 0 Å². The Morgan fingerprint density at radius 3 is 2.55 bits per heavy atom. The second-order valence-electron chi connectivity index (χ2n) is 6.13. The van der Waals surface area contributed by atoms with E-state index in [-0.39, 0.29) is 23.7 Å². The Bertz CT molecular complexity index is 468. The average molecular weight is 307 g/mol. The number of halogens is 1. The summed E-state index contributed by atoms with van der Waals surface area (Å²) in [6.07, 6.45) is 3.67. The molecule has 1 aromatic carbocycles. The third-order valence-corrected chi connectivity index (χ3v) is 4.32. The lowest BCUT2D eigenvalue weighted by molar-refractivity contribution is -0.140. The summed E-state index contributed by atoms with van der Waals surface area (Å²) in [5.74, 6) is -0.00147. The van der Waals surface area contributed by atoms with Gasteiger partial charge in [-0.1, -0.05) is 32.4 Å². The summed E-state index contributed by atoms with van der Waals surface area (Å²) in [6.45, 7) is 6.07. The van der Waals surface area contributed by atoms with E-state index in [0.29, 0.717) is 19.8 Å². The van der Waals surface area contributed by atoms with Crippen LogP contribution in [0.5, 0.6) is 0 Å². The predicted octanol–water partition coefficient (Wildman–Crippen LogP) is 3.77. The standard InChI is InChI=1S/C18H26FNO2/c1-3-4-14(2)18(21)20(17-9-11-22-12-10-17)13-15-5-7-16(19)8-6-15/h5-8,14,17H,3-4,9-13H2,1-2H3/t14-/m0/s1. The van der Waals surface area contributed by atoms with Crippen LogP contribution in [0.25, 0.3) is 0 Å². The first-order chi connectivity index (χ1) is 10.6. The number of nitrogens with zero attached hydrogens (tertiary/aromatic N) is 1. The van der Waals surface area contributed by atoms with E-state index in [4.69, 9.17) is 4.74 Å². The molecule has 0 radical (unpaired) electrons. The Hall–Kier alpha value is -1.42. The van der Waals surface area contributed by atoms with E-state index in [1.807, 2.05) is 11.8 Å². The van der Waals surface area contributed by atoms with Crippen LogP contribution in [0.4, 0.5) is 4.39 Å². The molecular formula is C18H26FNO2. The summed E-state index contributed by atoms with van der Waals surface area (Å²) in [6, 6.07) is 6.67. The van der Waals surface area contributed by atoms with Crippen LogP contribution < -0.4 is 0 Å². The lowest BCUT2D eigenvalue weighted by Crippen LogP contribution is -2.45. The molecule has 122 valence electrons. The van der Waals surface area contributed by atoms with Gasteiger partial charge in [0.25, 0.3) is 0 Å². The van der Waals surface area contributed by atoms with Gasteiger partial charge < -0.3 is 9.64 Å². The number of benzene rings is 1. The van der Waals surface area contributed by atoms with Crippen LogP contribution in [0.3, 0.4) is 0 Å². The van der Waals surface area contributed by atoms with E-state index in [2.05, 4.69) is 6.92 Å². The molecule has 0 aromatic heterocycles. The molecule has 1 aliphatic rings. The van der Waals surface area contributed by atoms with Crippen LogP contribution in [-0.2, 0) is 16.1 Å². The first kappa shape index (κ1) is 16.9. The number of hydrogen-bond acceptors (Lipinski definition) is 2. The number of hydrogen-bond donors (Lipinski definition) is 0. The van der Waals surface area contributed by atoms with Gasteiger partial charge in [0, 0.05) is 31.7 Å². The Kier molecular flexibility index (Phi) is 6.37. The zero-order valence-corrected chi connectivity index (χ0v) is 13.6. The number of rotatable bonds is 6. The summed E-state index contributed by atoms with van der Waals surface area (Å²) < 4.78 is 18.5. The number of amides is 1. The molecule has 1 atom stereocenters. The second-order valence-corrected chi connectivity index (χ2v) is 6.13. The van der Waals surface area contributed by atoms with Crippen LogP contribution in [-0.4, -0.2) is 30.1 Å². The highest BCUT2D eigenvalue weighted by Crippen LogP contribution is 2.21. The van der Waals surface area contributed by atoms with Gasteiger partial charge in [0.1, 0.15) is 5.82 Å². The Morgan fingerprint density at radius 1 is 1.32 bits per heavy atom. The van der Waals surface area contributed by atoms with Crippen molar-refractivity contribution in [1.29, 1.82) is 0 Å². The Balaban J connectivity index is 2.12. The topological polar surface area (TPSA) is 29.5 Å². The van der Waals surface area contributed by atoms with Crippen molar-refractivity contribution < 1.29 is 13.9 Å². The highest BCUT2D eigenvalue weighted by atomic mass is 19.1. The van der Waals surface area contributed by atoms with Gasteiger partial charge in [-0.05, 0) is 37.0 Å². The van der Waals surface area contributed by atoms with Crippen molar-refractivity contribution in [3.63, 3.8) is 0 Å². The summed E-state index contributed by atoms with van der Waals surface area (Å²) in [4.78, 5) is 14.8. The van der Waals surface area contributed by atoms with E-state index >= 15 is 0 Å². The average Bonchev–Trinajstić information content (AvgIpc) is 2.55. The van der Waals surface area contributed by atoms with E-state index in [1.54, 1.807) is 12.1 Å². The Labute approximate surface area is 132 Å². The first-order valence-electron chi connectivity index (χ1n) is 8.24. The minimum atomic E-state index is -0.243. The highest BCUT2D eigenvalue weighted by molar-refractivity contribution is 5.78. The first-order valence-corrected chi connectivity index (χ1v) is 8.24. The largest absolute Gasteiger partial charge is 0.381 e. The molecule has 1 saturated heterocycles. The minimum absolute atomic E-state index is 0.0355. The smallest absolute Gasteiger partial charge is 0.225 e. The molecule has 0 bridgehead atoms. The highest BCUT2D eigenvalue weighted by Gasteiger charge is 2.28. The summed E-state index contributed by atoms with van der Waals surface area (Å²) in [7, 11) is 0. The van der Waals surface area contributed by atoms with Crippen molar-refractivity contribution >= 4 is 5.91 Å². The fourth-order valence-corrected chi connectivity index (χ4v) is 3.01. The van der Waals surface area contributed by atoms with E-state index in [1.165, 1.54) is 12.1 Å². The molecule has 1 aliphatic heterocycles. The molecule has 0 unspecified atom stereocenters. The normalized spacial score (nSPS) is 17.2. The molecule has 1 heterocycles. The van der Waals surface area contributed by atoms with Gasteiger partial charge in [-0.2, -0.15) is 0 Å². The molecule has 1 aromatic rings. The Morgan fingerprint density at radius 2 is 1.95 bits per heavy atom. The maximum Gasteiger partial charge on any atom is 0.225 e. The fraction of sp³-hybridized carbons (Fsp3) is 0.611. The molecule has 1 fully saturated rings. The van der Waals surface area contributed by atoms with Gasteiger partial charge in [0.15, 0.2) is 0 Å². The maximum atomic E-state index is 13.1. The lowest BCUT2D eigenvalue weighted by atomic mass is 9.99. The third kappa shape index (κ3) is 4.54. The zero-order valence-electron chi connectivity index (χ0n) is 13.6. The summed E-state index contributed by atoms with van der Waals surface area (Å²) in [5.41, 5.74) is 0.977. The van der Waals surface area contributed by atoms with Crippen LogP contribution in [0, 0.1) is 11.7 Å². The van der Waals surface area contributed by atoms with Crippen LogP contribution in [0.15, 0.2) is 24.3 Å². The number of carbonyl (C=O) groups excluding carboxylic acids is 1. The minimum Gasteiger partial charge on any atom is -0.381 e. The van der Waals surface area contributed by atoms with Gasteiger partial charge in [0.2, 0.25) is 5.91 Å². The summed E-state index contributed by atoms with van der Waals surface area (Å²) >= 11 is 0. The van der Waals surface area contributed by atoms with E-state index in [0.717, 1.165) is 31.2 Å². The number of carbonyl (C=O) groups is 1. The molecule has 3 nitrogen and oxygen atoms in total. The SMILES string of the molecule is CCC[C@H](C)C(=O)N(Cc1ccc(F)cc1)C1CCOCC1. The lowest BCUT2D eigenvalue weighted by Gasteiger charge is -2.36. The van der Waals surface area contributed by atoms with Gasteiger partial charge >= 0.3 is 0 Å². The van der Waals surface area contributed by atoms with Crippen molar-refractivity contribution in [2.24, 2.45) is 5.92 Å². The number of ether oxygens (including phenoxy) is 1. The molecular weight excluding hydrogens is 281 g/mol. The van der Waals surface area contributed by atoms with Crippen molar-refractivity contribution in [3.05, 3.63) is 35.6 Å². The van der Waals surface area contributed by atoms with Crippen LogP contribution in [0.2, 0.25) is 0 Å². The second kappa shape index (κ2) is 8.28. The molecule has 0 N–H and O–H groups in total. The molecule has 22 heavy (non-hydrogen) atoms. The van der Waals surface area contributed by atoms with Crippen molar-refractivity contribution in [1.82, 2.24) is 4.90 Å². The van der Waals surface area contributed by atoms with E-state index < -0.39 is 0 Å². The zero-order chi connectivity index (χ0) is 15.9.